The molecule has 5 heteroatoms. The lowest BCUT2D eigenvalue weighted by Gasteiger charge is -2.13. The maximum absolute atomic E-state index is 5.93. The van der Waals surface area contributed by atoms with Gasteiger partial charge in [-0.3, -0.25) is 0 Å². The van der Waals surface area contributed by atoms with Crippen molar-refractivity contribution in [3.63, 3.8) is 0 Å². The summed E-state index contributed by atoms with van der Waals surface area (Å²) in [4.78, 5) is 8.26. The molecule has 0 aliphatic carbocycles. The number of aromatic nitrogens is 1. The van der Waals surface area contributed by atoms with E-state index >= 15 is 0 Å². The van der Waals surface area contributed by atoms with Gasteiger partial charge < -0.3 is 9.64 Å². The molecule has 0 saturated carbocycles. The highest BCUT2D eigenvalue weighted by Crippen LogP contribution is 2.32. The van der Waals surface area contributed by atoms with E-state index in [0.717, 1.165) is 45.9 Å². The second kappa shape index (κ2) is 7.44. The van der Waals surface area contributed by atoms with Crippen LogP contribution < -0.4 is 4.74 Å². The highest BCUT2D eigenvalue weighted by Gasteiger charge is 2.12. The van der Waals surface area contributed by atoms with Crippen molar-refractivity contribution in [1.82, 2.24) is 9.88 Å². The third-order valence-electron chi connectivity index (χ3n) is 3.90. The SMILES string of the molecule is Cc1sc(-c2ccc(Cl)cc2)nc1OCCCN1CCCC1. The number of hydrogen-bond acceptors (Lipinski definition) is 4. The lowest BCUT2D eigenvalue weighted by molar-refractivity contribution is 0.257. The molecule has 22 heavy (non-hydrogen) atoms. The van der Waals surface area contributed by atoms with Crippen LogP contribution in [0.5, 0.6) is 5.88 Å². The van der Waals surface area contributed by atoms with Crippen molar-refractivity contribution in [3.05, 3.63) is 34.2 Å². The average Bonchev–Trinajstić information content (AvgIpc) is 3.15. The summed E-state index contributed by atoms with van der Waals surface area (Å²) in [6.07, 6.45) is 3.75. The Morgan fingerprint density at radius 1 is 1.23 bits per heavy atom. The summed E-state index contributed by atoms with van der Waals surface area (Å²) in [7, 11) is 0. The molecule has 1 aliphatic rings. The van der Waals surface area contributed by atoms with E-state index in [-0.39, 0.29) is 0 Å². The number of ether oxygens (including phenoxy) is 1. The second-order valence-electron chi connectivity index (χ2n) is 5.64. The monoisotopic (exact) mass is 336 g/mol. The zero-order valence-electron chi connectivity index (χ0n) is 12.8. The Bertz CT molecular complexity index is 606. The summed E-state index contributed by atoms with van der Waals surface area (Å²) in [5.41, 5.74) is 1.09. The molecule has 2 aromatic rings. The van der Waals surface area contributed by atoms with Crippen LogP contribution in [0.1, 0.15) is 24.1 Å². The Balaban J connectivity index is 1.54. The lowest BCUT2D eigenvalue weighted by Crippen LogP contribution is -2.21. The first-order chi connectivity index (χ1) is 10.7. The maximum atomic E-state index is 5.93. The summed E-state index contributed by atoms with van der Waals surface area (Å²) < 4.78 is 5.87. The first-order valence-corrected chi connectivity index (χ1v) is 9.00. The van der Waals surface area contributed by atoms with Gasteiger partial charge in [-0.15, -0.1) is 11.3 Å². The van der Waals surface area contributed by atoms with Gasteiger partial charge in [0.25, 0.3) is 0 Å². The second-order valence-corrected chi connectivity index (χ2v) is 7.28. The highest BCUT2D eigenvalue weighted by molar-refractivity contribution is 7.15. The molecule has 1 fully saturated rings. The largest absolute Gasteiger partial charge is 0.477 e. The van der Waals surface area contributed by atoms with Crippen LogP contribution in [-0.4, -0.2) is 36.1 Å². The minimum Gasteiger partial charge on any atom is -0.477 e. The third kappa shape index (κ3) is 4.00. The van der Waals surface area contributed by atoms with Gasteiger partial charge in [0.1, 0.15) is 5.01 Å². The standard InChI is InChI=1S/C17H21ClN2OS/c1-13-16(21-12-4-11-20-9-2-3-10-20)19-17(22-13)14-5-7-15(18)8-6-14/h5-8H,2-4,9-12H2,1H3. The summed E-state index contributed by atoms with van der Waals surface area (Å²) in [6.45, 7) is 6.42. The van der Waals surface area contributed by atoms with Gasteiger partial charge in [-0.2, -0.15) is 0 Å². The van der Waals surface area contributed by atoms with Gasteiger partial charge in [-0.1, -0.05) is 23.7 Å². The number of aryl methyl sites for hydroxylation is 1. The zero-order valence-corrected chi connectivity index (χ0v) is 14.4. The topological polar surface area (TPSA) is 25.4 Å². The van der Waals surface area contributed by atoms with Crippen LogP contribution in [0.15, 0.2) is 24.3 Å². The Morgan fingerprint density at radius 2 is 1.95 bits per heavy atom. The number of likely N-dealkylation sites (tertiary alicyclic amines) is 1. The molecule has 0 amide bonds. The molecule has 1 aromatic heterocycles. The van der Waals surface area contributed by atoms with Crippen LogP contribution in [-0.2, 0) is 0 Å². The molecule has 1 aromatic carbocycles. The highest BCUT2D eigenvalue weighted by atomic mass is 35.5. The van der Waals surface area contributed by atoms with Gasteiger partial charge in [0.2, 0.25) is 5.88 Å². The van der Waals surface area contributed by atoms with E-state index in [1.54, 1.807) is 11.3 Å². The summed E-state index contributed by atoms with van der Waals surface area (Å²) in [6, 6.07) is 7.78. The number of nitrogens with zero attached hydrogens (tertiary/aromatic N) is 2. The lowest BCUT2D eigenvalue weighted by atomic mass is 10.2. The molecular weight excluding hydrogens is 316 g/mol. The normalized spacial score (nSPS) is 15.4. The molecule has 0 bridgehead atoms. The predicted octanol–water partition coefficient (Wildman–Crippen LogP) is 4.64. The van der Waals surface area contributed by atoms with Gasteiger partial charge in [0, 0.05) is 17.1 Å². The summed E-state index contributed by atoms with van der Waals surface area (Å²) in [5.74, 6) is 0.774. The maximum Gasteiger partial charge on any atom is 0.227 e. The average molecular weight is 337 g/mol. The third-order valence-corrected chi connectivity index (χ3v) is 5.15. The molecular formula is C17H21ClN2OS. The van der Waals surface area contributed by atoms with Gasteiger partial charge in [0.15, 0.2) is 0 Å². The van der Waals surface area contributed by atoms with Gasteiger partial charge in [-0.25, -0.2) is 4.98 Å². The van der Waals surface area contributed by atoms with Crippen molar-refractivity contribution in [1.29, 1.82) is 0 Å². The van der Waals surface area contributed by atoms with Crippen LogP contribution in [0.2, 0.25) is 5.02 Å². The minimum absolute atomic E-state index is 0.737. The van der Waals surface area contributed by atoms with E-state index < -0.39 is 0 Å². The molecule has 0 atom stereocenters. The van der Waals surface area contributed by atoms with Crippen LogP contribution in [0.4, 0.5) is 0 Å². The van der Waals surface area contributed by atoms with E-state index in [0.29, 0.717) is 0 Å². The van der Waals surface area contributed by atoms with Crippen molar-refractivity contribution in [3.8, 4) is 16.5 Å². The van der Waals surface area contributed by atoms with Crippen molar-refractivity contribution in [2.24, 2.45) is 0 Å². The molecule has 0 N–H and O–H groups in total. The molecule has 0 spiro atoms. The quantitative estimate of drug-likeness (QED) is 0.719. The Kier molecular flexibility index (Phi) is 5.34. The van der Waals surface area contributed by atoms with Crippen LogP contribution in [0, 0.1) is 6.92 Å². The van der Waals surface area contributed by atoms with Gasteiger partial charge >= 0.3 is 0 Å². The van der Waals surface area contributed by atoms with E-state index in [4.69, 9.17) is 16.3 Å². The minimum atomic E-state index is 0.737. The summed E-state index contributed by atoms with van der Waals surface area (Å²) >= 11 is 7.60. The Labute approximate surface area is 140 Å². The molecule has 1 aliphatic heterocycles. The molecule has 1 saturated heterocycles. The van der Waals surface area contributed by atoms with E-state index in [1.807, 2.05) is 24.3 Å². The number of hydrogen-bond donors (Lipinski definition) is 0. The van der Waals surface area contributed by atoms with Gasteiger partial charge in [-0.05, 0) is 51.4 Å². The van der Waals surface area contributed by atoms with Crippen LogP contribution in [0.25, 0.3) is 10.6 Å². The van der Waals surface area contributed by atoms with Crippen molar-refractivity contribution < 1.29 is 4.74 Å². The van der Waals surface area contributed by atoms with Crippen LogP contribution in [0.3, 0.4) is 0 Å². The molecule has 0 unspecified atom stereocenters. The fourth-order valence-electron chi connectivity index (χ4n) is 2.70. The number of halogens is 1. The number of rotatable bonds is 6. The Morgan fingerprint density at radius 3 is 2.68 bits per heavy atom. The van der Waals surface area contributed by atoms with Gasteiger partial charge in [0.05, 0.1) is 11.5 Å². The van der Waals surface area contributed by atoms with Crippen molar-refractivity contribution in [2.45, 2.75) is 26.2 Å². The fraction of sp³-hybridized carbons (Fsp3) is 0.471. The molecule has 3 rings (SSSR count). The zero-order chi connectivity index (χ0) is 15.4. The Hall–Kier alpha value is -1.10. The van der Waals surface area contributed by atoms with E-state index in [9.17, 15) is 0 Å². The summed E-state index contributed by atoms with van der Waals surface area (Å²) in [5, 5.41) is 1.74. The number of thiazole rings is 1. The molecule has 3 nitrogen and oxygen atoms in total. The van der Waals surface area contributed by atoms with E-state index in [2.05, 4.69) is 16.8 Å². The van der Waals surface area contributed by atoms with Crippen molar-refractivity contribution in [2.75, 3.05) is 26.2 Å². The smallest absolute Gasteiger partial charge is 0.227 e. The molecule has 118 valence electrons. The predicted molar refractivity (Wildman–Crippen MR) is 93.1 cm³/mol. The van der Waals surface area contributed by atoms with E-state index in [1.165, 1.54) is 25.9 Å². The molecule has 2 heterocycles. The van der Waals surface area contributed by atoms with Crippen molar-refractivity contribution >= 4 is 22.9 Å². The van der Waals surface area contributed by atoms with Crippen LogP contribution >= 0.6 is 22.9 Å². The first kappa shape index (κ1) is 15.8. The number of benzene rings is 1. The first-order valence-electron chi connectivity index (χ1n) is 7.81. The molecule has 0 radical (unpaired) electrons. The fourth-order valence-corrected chi connectivity index (χ4v) is 3.69.